The molecule has 0 bridgehead atoms. The average Bonchev–Trinajstić information content (AvgIpc) is 2.62. The second-order valence-electron chi connectivity index (χ2n) is 6.08. The summed E-state index contributed by atoms with van der Waals surface area (Å²) in [5.41, 5.74) is 7.55. The second-order valence-corrected chi connectivity index (χ2v) is 6.08. The number of urea groups is 1. The smallest absolute Gasteiger partial charge is 0.319 e. The maximum atomic E-state index is 11.8. The average molecular weight is 341 g/mol. The van der Waals surface area contributed by atoms with E-state index in [2.05, 4.69) is 36.1 Å². The molecule has 5 nitrogen and oxygen atoms in total. The minimum atomic E-state index is -0.481. The molecule has 25 heavy (non-hydrogen) atoms. The molecule has 2 rings (SSSR count). The number of aromatic hydroxyl groups is 1. The van der Waals surface area contributed by atoms with Crippen molar-refractivity contribution in [2.75, 3.05) is 31.1 Å². The summed E-state index contributed by atoms with van der Waals surface area (Å²) in [7, 11) is 0. The molecular weight excluding hydrogens is 314 g/mol. The number of carbonyl (C=O) groups is 1. The van der Waals surface area contributed by atoms with Crippen LogP contribution in [-0.2, 0) is 6.42 Å². The van der Waals surface area contributed by atoms with Crippen LogP contribution in [0.2, 0.25) is 0 Å². The summed E-state index contributed by atoms with van der Waals surface area (Å²) in [6.45, 7) is 5.36. The van der Waals surface area contributed by atoms with Crippen LogP contribution in [0, 0.1) is 0 Å². The molecule has 2 aromatic carbocycles. The Labute approximate surface area is 149 Å². The number of primary amides is 1. The molecule has 0 spiro atoms. The van der Waals surface area contributed by atoms with E-state index >= 15 is 0 Å². The monoisotopic (exact) mass is 341 g/mol. The zero-order valence-electron chi connectivity index (χ0n) is 14.8. The molecule has 0 saturated carbocycles. The molecule has 3 N–H and O–H groups in total. The molecule has 0 aliphatic rings. The third-order valence-electron chi connectivity index (χ3n) is 4.17. The number of nitrogens with two attached hydrogens (primary N) is 1. The van der Waals surface area contributed by atoms with Gasteiger partial charge >= 0.3 is 6.03 Å². The van der Waals surface area contributed by atoms with Crippen molar-refractivity contribution < 1.29 is 9.90 Å². The summed E-state index contributed by atoms with van der Waals surface area (Å²) in [4.78, 5) is 15.7. The van der Waals surface area contributed by atoms with E-state index in [1.54, 1.807) is 29.2 Å². The third-order valence-corrected chi connectivity index (χ3v) is 4.17. The number of rotatable bonds is 9. The quantitative estimate of drug-likeness (QED) is 0.736. The maximum absolute atomic E-state index is 11.8. The minimum Gasteiger partial charge on any atom is -0.508 e. The van der Waals surface area contributed by atoms with Crippen molar-refractivity contribution in [1.29, 1.82) is 0 Å². The summed E-state index contributed by atoms with van der Waals surface area (Å²) >= 11 is 0. The molecule has 0 fully saturated rings. The predicted octanol–water partition coefficient (Wildman–Crippen LogP) is 3.23. The van der Waals surface area contributed by atoms with Crippen LogP contribution in [0.4, 0.5) is 10.5 Å². The highest BCUT2D eigenvalue weighted by atomic mass is 16.3. The van der Waals surface area contributed by atoms with Crippen LogP contribution in [0.3, 0.4) is 0 Å². The number of phenols is 1. The van der Waals surface area contributed by atoms with Gasteiger partial charge in [-0.15, -0.1) is 0 Å². The van der Waals surface area contributed by atoms with E-state index in [1.165, 1.54) is 5.56 Å². The normalized spacial score (nSPS) is 10.8. The molecule has 0 unspecified atom stereocenters. The lowest BCUT2D eigenvalue weighted by Crippen LogP contribution is -2.42. The molecule has 2 aromatic rings. The molecule has 0 aliphatic heterocycles. The highest BCUT2D eigenvalue weighted by Gasteiger charge is 2.14. The first kappa shape index (κ1) is 18.8. The number of hydrogen-bond acceptors (Lipinski definition) is 3. The maximum Gasteiger partial charge on any atom is 0.319 e. The van der Waals surface area contributed by atoms with Gasteiger partial charge in [0.2, 0.25) is 0 Å². The van der Waals surface area contributed by atoms with Gasteiger partial charge in [0.25, 0.3) is 0 Å². The second kappa shape index (κ2) is 9.69. The Morgan fingerprint density at radius 1 is 0.960 bits per heavy atom. The van der Waals surface area contributed by atoms with Crippen molar-refractivity contribution in [2.24, 2.45) is 5.73 Å². The fourth-order valence-corrected chi connectivity index (χ4v) is 2.82. The SMILES string of the molecule is CCCN(CCc1ccccc1)CCN(C(N)=O)c1ccc(O)cc1. The van der Waals surface area contributed by atoms with Crippen molar-refractivity contribution in [3.63, 3.8) is 0 Å². The van der Waals surface area contributed by atoms with Gasteiger partial charge in [0.1, 0.15) is 5.75 Å². The molecular formula is C20H27N3O2. The largest absolute Gasteiger partial charge is 0.508 e. The summed E-state index contributed by atoms with van der Waals surface area (Å²) < 4.78 is 0. The van der Waals surface area contributed by atoms with Crippen molar-refractivity contribution in [3.8, 4) is 5.75 Å². The first-order valence-corrected chi connectivity index (χ1v) is 8.72. The van der Waals surface area contributed by atoms with Crippen LogP contribution in [0.1, 0.15) is 18.9 Å². The molecule has 0 saturated heterocycles. The molecule has 0 atom stereocenters. The molecule has 0 aromatic heterocycles. The van der Waals surface area contributed by atoms with E-state index < -0.39 is 6.03 Å². The van der Waals surface area contributed by atoms with Crippen molar-refractivity contribution in [3.05, 3.63) is 60.2 Å². The molecule has 134 valence electrons. The molecule has 0 radical (unpaired) electrons. The zero-order chi connectivity index (χ0) is 18.1. The number of hydrogen-bond donors (Lipinski definition) is 2. The lowest BCUT2D eigenvalue weighted by Gasteiger charge is -2.26. The zero-order valence-corrected chi connectivity index (χ0v) is 14.8. The Bertz CT molecular complexity index is 644. The van der Waals surface area contributed by atoms with E-state index in [4.69, 9.17) is 5.73 Å². The van der Waals surface area contributed by atoms with Crippen molar-refractivity contribution in [2.45, 2.75) is 19.8 Å². The number of carbonyl (C=O) groups excluding carboxylic acids is 1. The molecule has 5 heteroatoms. The van der Waals surface area contributed by atoms with E-state index in [1.807, 2.05) is 6.07 Å². The third kappa shape index (κ3) is 6.12. The van der Waals surface area contributed by atoms with Crippen LogP contribution < -0.4 is 10.6 Å². The van der Waals surface area contributed by atoms with Crippen molar-refractivity contribution in [1.82, 2.24) is 4.90 Å². The van der Waals surface area contributed by atoms with E-state index in [0.717, 1.165) is 32.5 Å². The summed E-state index contributed by atoms with van der Waals surface area (Å²) in [5.74, 6) is 0.170. The van der Waals surface area contributed by atoms with Gasteiger partial charge in [0, 0.05) is 25.3 Å². The van der Waals surface area contributed by atoms with Crippen LogP contribution in [0.25, 0.3) is 0 Å². The van der Waals surface area contributed by atoms with Crippen LogP contribution >= 0.6 is 0 Å². The van der Waals surface area contributed by atoms with Crippen LogP contribution in [0.5, 0.6) is 5.75 Å². The highest BCUT2D eigenvalue weighted by molar-refractivity contribution is 5.90. The number of amides is 2. The molecule has 2 amide bonds. The topological polar surface area (TPSA) is 69.8 Å². The first-order valence-electron chi connectivity index (χ1n) is 8.72. The Morgan fingerprint density at radius 2 is 1.64 bits per heavy atom. The molecule has 0 aliphatic carbocycles. The van der Waals surface area contributed by atoms with Gasteiger partial charge in [-0.25, -0.2) is 4.79 Å². The van der Waals surface area contributed by atoms with Crippen LogP contribution in [0.15, 0.2) is 54.6 Å². The number of benzene rings is 2. The lowest BCUT2D eigenvalue weighted by molar-refractivity contribution is 0.249. The molecule has 0 heterocycles. The van der Waals surface area contributed by atoms with Gasteiger partial charge in [0.05, 0.1) is 0 Å². The standard InChI is InChI=1S/C20H27N3O2/c1-2-13-22(14-12-17-6-4-3-5-7-17)15-16-23(20(21)25)18-8-10-19(24)11-9-18/h3-11,24H,2,12-16H2,1H3,(H2,21,25). The van der Waals surface area contributed by atoms with E-state index in [0.29, 0.717) is 12.2 Å². The fourth-order valence-electron chi connectivity index (χ4n) is 2.82. The minimum absolute atomic E-state index is 0.170. The number of phenolic OH excluding ortho intramolecular Hbond substituents is 1. The fraction of sp³-hybridized carbons (Fsp3) is 0.350. The van der Waals surface area contributed by atoms with Gasteiger partial charge in [-0.05, 0) is 49.2 Å². The number of nitrogens with zero attached hydrogens (tertiary/aromatic N) is 2. The highest BCUT2D eigenvalue weighted by Crippen LogP contribution is 2.18. The van der Waals surface area contributed by atoms with Crippen LogP contribution in [-0.4, -0.2) is 42.2 Å². The number of anilines is 1. The van der Waals surface area contributed by atoms with Gasteiger partial charge in [-0.1, -0.05) is 37.3 Å². The van der Waals surface area contributed by atoms with Gasteiger partial charge in [-0.3, -0.25) is 4.90 Å². The van der Waals surface area contributed by atoms with Gasteiger partial charge in [-0.2, -0.15) is 0 Å². The Hall–Kier alpha value is -2.53. The summed E-state index contributed by atoms with van der Waals surface area (Å²) in [6.07, 6.45) is 2.04. The van der Waals surface area contributed by atoms with Crippen molar-refractivity contribution >= 4 is 11.7 Å². The predicted molar refractivity (Wildman–Crippen MR) is 102 cm³/mol. The Balaban J connectivity index is 1.94. The van der Waals surface area contributed by atoms with E-state index in [9.17, 15) is 9.90 Å². The Kier molecular flexibility index (Phi) is 7.29. The lowest BCUT2D eigenvalue weighted by atomic mass is 10.1. The summed E-state index contributed by atoms with van der Waals surface area (Å²) in [5, 5.41) is 9.40. The van der Waals surface area contributed by atoms with Gasteiger partial charge < -0.3 is 15.7 Å². The first-order chi connectivity index (χ1) is 12.1. The Morgan fingerprint density at radius 3 is 2.24 bits per heavy atom. The summed E-state index contributed by atoms with van der Waals surface area (Å²) in [6, 6.07) is 16.4. The van der Waals surface area contributed by atoms with Gasteiger partial charge in [0.15, 0.2) is 0 Å². The van der Waals surface area contributed by atoms with E-state index in [-0.39, 0.29) is 5.75 Å².